The van der Waals surface area contributed by atoms with Gasteiger partial charge in [-0.15, -0.1) is 0 Å². The molecule has 0 aliphatic rings. The third-order valence-corrected chi connectivity index (χ3v) is 3.09. The monoisotopic (exact) mass is 254 g/mol. The number of nitrogens with one attached hydrogen (secondary N) is 1. The second-order valence-corrected chi connectivity index (χ2v) is 4.10. The Labute approximate surface area is 111 Å². The van der Waals surface area contributed by atoms with Crippen LogP contribution in [0.4, 0.5) is 5.95 Å². The topological polar surface area (TPSA) is 70.8 Å². The van der Waals surface area contributed by atoms with Crippen LogP contribution in [0.25, 0.3) is 11.1 Å². The van der Waals surface area contributed by atoms with Gasteiger partial charge in [-0.1, -0.05) is 6.07 Å². The molecule has 96 valence electrons. The average molecular weight is 254 g/mol. The fourth-order valence-corrected chi connectivity index (χ4v) is 1.91. The summed E-state index contributed by atoms with van der Waals surface area (Å²) < 4.78 is 5.29. The van der Waals surface area contributed by atoms with Crippen molar-refractivity contribution in [2.24, 2.45) is 0 Å². The summed E-state index contributed by atoms with van der Waals surface area (Å²) in [6.07, 6.45) is 5.18. The van der Waals surface area contributed by atoms with Gasteiger partial charge in [-0.3, -0.25) is 5.32 Å². The maximum absolute atomic E-state index is 8.49. The third kappa shape index (κ3) is 2.47. The Morgan fingerprint density at radius 1 is 1.16 bits per heavy atom. The highest BCUT2D eigenvalue weighted by atomic mass is 16.5. The Morgan fingerprint density at radius 2 is 1.84 bits per heavy atom. The standard InChI is InChI=1S/C14H14N4O/c1-9-10(2)13(19-3)5-4-12(9)11-6-16-14(17-7-11)18-8-15/h4-7H,1-3H3,(H,16,17,18). The van der Waals surface area contributed by atoms with E-state index in [4.69, 9.17) is 10.00 Å². The maximum atomic E-state index is 8.49. The molecule has 19 heavy (non-hydrogen) atoms. The molecule has 1 aromatic heterocycles. The van der Waals surface area contributed by atoms with Crippen LogP contribution in [0, 0.1) is 25.3 Å². The Balaban J connectivity index is 2.42. The quantitative estimate of drug-likeness (QED) is 0.673. The van der Waals surface area contributed by atoms with E-state index in [9.17, 15) is 0 Å². The van der Waals surface area contributed by atoms with Crippen LogP contribution in [0.1, 0.15) is 11.1 Å². The largest absolute Gasteiger partial charge is 0.496 e. The molecule has 2 aromatic rings. The van der Waals surface area contributed by atoms with Crippen LogP contribution < -0.4 is 10.1 Å². The van der Waals surface area contributed by atoms with Crippen LogP contribution >= 0.6 is 0 Å². The smallest absolute Gasteiger partial charge is 0.236 e. The summed E-state index contributed by atoms with van der Waals surface area (Å²) in [5.74, 6) is 1.17. The summed E-state index contributed by atoms with van der Waals surface area (Å²) in [5.41, 5.74) is 4.19. The lowest BCUT2D eigenvalue weighted by Gasteiger charge is -2.12. The molecule has 5 nitrogen and oxygen atoms in total. The number of rotatable bonds is 3. The van der Waals surface area contributed by atoms with Crippen LogP contribution in [-0.2, 0) is 0 Å². The van der Waals surface area contributed by atoms with Gasteiger partial charge in [-0.05, 0) is 36.6 Å². The lowest BCUT2D eigenvalue weighted by molar-refractivity contribution is 0.411. The molecule has 1 aromatic carbocycles. The SMILES string of the molecule is COc1ccc(-c2cnc(NC#N)nc2)c(C)c1C. The molecule has 0 radical (unpaired) electrons. The number of nitriles is 1. The van der Waals surface area contributed by atoms with Crippen LogP contribution in [0.3, 0.4) is 0 Å². The van der Waals surface area contributed by atoms with E-state index in [1.807, 2.05) is 26.0 Å². The summed E-state index contributed by atoms with van der Waals surface area (Å²) in [6.45, 7) is 4.05. The van der Waals surface area contributed by atoms with E-state index in [1.54, 1.807) is 25.7 Å². The van der Waals surface area contributed by atoms with E-state index in [-0.39, 0.29) is 0 Å². The Bertz CT molecular complexity index is 629. The van der Waals surface area contributed by atoms with Crippen molar-refractivity contribution < 1.29 is 4.74 Å². The first-order valence-corrected chi connectivity index (χ1v) is 5.79. The fourth-order valence-electron chi connectivity index (χ4n) is 1.91. The van der Waals surface area contributed by atoms with Gasteiger partial charge in [0.2, 0.25) is 5.95 Å². The molecule has 0 aliphatic carbocycles. The van der Waals surface area contributed by atoms with Crippen LogP contribution in [-0.4, -0.2) is 17.1 Å². The van der Waals surface area contributed by atoms with E-state index >= 15 is 0 Å². The molecule has 2 rings (SSSR count). The zero-order chi connectivity index (χ0) is 13.8. The van der Waals surface area contributed by atoms with Gasteiger partial charge in [-0.25, -0.2) is 9.97 Å². The van der Waals surface area contributed by atoms with Gasteiger partial charge in [0.15, 0.2) is 6.19 Å². The van der Waals surface area contributed by atoms with E-state index in [0.717, 1.165) is 28.0 Å². The molecule has 5 heteroatoms. The second-order valence-electron chi connectivity index (χ2n) is 4.10. The first-order valence-electron chi connectivity index (χ1n) is 5.79. The van der Waals surface area contributed by atoms with Crippen molar-refractivity contribution in [2.75, 3.05) is 12.4 Å². The minimum absolute atomic E-state index is 0.300. The molecule has 1 heterocycles. The third-order valence-electron chi connectivity index (χ3n) is 3.09. The summed E-state index contributed by atoms with van der Waals surface area (Å²) in [5, 5.41) is 10.9. The zero-order valence-corrected chi connectivity index (χ0v) is 11.1. The normalized spacial score (nSPS) is 9.79. The molecule has 0 saturated carbocycles. The predicted octanol–water partition coefficient (Wildman–Crippen LogP) is 2.66. The van der Waals surface area contributed by atoms with Crippen molar-refractivity contribution in [2.45, 2.75) is 13.8 Å². The highest BCUT2D eigenvalue weighted by Gasteiger charge is 2.09. The molecule has 0 amide bonds. The van der Waals surface area contributed by atoms with E-state index < -0.39 is 0 Å². The summed E-state index contributed by atoms with van der Waals surface area (Å²) in [4.78, 5) is 8.16. The number of methoxy groups -OCH3 is 1. The van der Waals surface area contributed by atoms with E-state index in [1.165, 1.54) is 0 Å². The second kappa shape index (κ2) is 5.36. The van der Waals surface area contributed by atoms with Crippen molar-refractivity contribution in [1.82, 2.24) is 9.97 Å². The Kier molecular flexibility index (Phi) is 3.62. The molecule has 0 saturated heterocycles. The fraction of sp³-hybridized carbons (Fsp3) is 0.214. The number of nitrogens with zero attached hydrogens (tertiary/aromatic N) is 3. The molecule has 0 bridgehead atoms. The first-order chi connectivity index (χ1) is 9.17. The number of hydrogen-bond acceptors (Lipinski definition) is 5. The van der Waals surface area contributed by atoms with Gasteiger partial charge in [0.05, 0.1) is 7.11 Å². The van der Waals surface area contributed by atoms with Crippen LogP contribution in [0.15, 0.2) is 24.5 Å². The van der Waals surface area contributed by atoms with Crippen molar-refractivity contribution in [3.8, 4) is 23.1 Å². The van der Waals surface area contributed by atoms with Crippen LogP contribution in [0.5, 0.6) is 5.75 Å². The lowest BCUT2D eigenvalue weighted by atomic mass is 9.98. The molecular formula is C14H14N4O. The summed E-state index contributed by atoms with van der Waals surface area (Å²) in [6, 6.07) is 3.91. The van der Waals surface area contributed by atoms with E-state index in [0.29, 0.717) is 5.95 Å². The van der Waals surface area contributed by atoms with Gasteiger partial charge < -0.3 is 4.74 Å². The van der Waals surface area contributed by atoms with Crippen molar-refractivity contribution in [3.05, 3.63) is 35.7 Å². The summed E-state index contributed by atoms with van der Waals surface area (Å²) in [7, 11) is 1.66. The minimum Gasteiger partial charge on any atom is -0.496 e. The first kappa shape index (κ1) is 12.8. The predicted molar refractivity (Wildman–Crippen MR) is 72.7 cm³/mol. The zero-order valence-electron chi connectivity index (χ0n) is 11.1. The highest BCUT2D eigenvalue weighted by Crippen LogP contribution is 2.30. The average Bonchev–Trinajstić information content (AvgIpc) is 2.43. The van der Waals surface area contributed by atoms with Crippen molar-refractivity contribution in [1.29, 1.82) is 5.26 Å². The number of aromatic nitrogens is 2. The molecule has 0 aliphatic heterocycles. The Morgan fingerprint density at radius 3 is 2.42 bits per heavy atom. The van der Waals surface area contributed by atoms with Crippen LogP contribution in [0.2, 0.25) is 0 Å². The molecule has 0 atom stereocenters. The number of anilines is 1. The maximum Gasteiger partial charge on any atom is 0.236 e. The van der Waals surface area contributed by atoms with Gasteiger partial charge in [0, 0.05) is 18.0 Å². The number of ether oxygens (including phenoxy) is 1. The molecule has 0 unspecified atom stereocenters. The molecule has 0 fully saturated rings. The van der Waals surface area contributed by atoms with E-state index in [2.05, 4.69) is 15.3 Å². The molecule has 1 N–H and O–H groups in total. The minimum atomic E-state index is 0.300. The van der Waals surface area contributed by atoms with Gasteiger partial charge in [0.25, 0.3) is 0 Å². The highest BCUT2D eigenvalue weighted by molar-refractivity contribution is 5.69. The van der Waals surface area contributed by atoms with Gasteiger partial charge in [-0.2, -0.15) is 5.26 Å². The lowest BCUT2D eigenvalue weighted by Crippen LogP contribution is -1.97. The van der Waals surface area contributed by atoms with Gasteiger partial charge >= 0.3 is 0 Å². The van der Waals surface area contributed by atoms with Gasteiger partial charge in [0.1, 0.15) is 5.75 Å². The number of benzene rings is 1. The van der Waals surface area contributed by atoms with Crippen molar-refractivity contribution in [3.63, 3.8) is 0 Å². The summed E-state index contributed by atoms with van der Waals surface area (Å²) >= 11 is 0. The number of hydrogen-bond donors (Lipinski definition) is 1. The van der Waals surface area contributed by atoms with Crippen molar-refractivity contribution >= 4 is 5.95 Å². The molecule has 0 spiro atoms. The Hall–Kier alpha value is -2.61. The molecular weight excluding hydrogens is 240 g/mol.